The summed E-state index contributed by atoms with van der Waals surface area (Å²) in [5.74, 6) is 0.128. The Morgan fingerprint density at radius 2 is 1.94 bits per heavy atom. The molecule has 90 valence electrons. The lowest BCUT2D eigenvalue weighted by Gasteiger charge is -2.14. The summed E-state index contributed by atoms with van der Waals surface area (Å²) in [5.41, 5.74) is -0.0480. The van der Waals surface area contributed by atoms with Gasteiger partial charge in [-0.25, -0.2) is 0 Å². The van der Waals surface area contributed by atoms with Gasteiger partial charge < -0.3 is 0 Å². The van der Waals surface area contributed by atoms with Crippen molar-refractivity contribution in [2.45, 2.75) is 38.8 Å². The maximum Gasteiger partial charge on any atom is 0.417 e. The second kappa shape index (κ2) is 5.09. The lowest BCUT2D eigenvalue weighted by Crippen LogP contribution is -2.07. The summed E-state index contributed by atoms with van der Waals surface area (Å²) in [7, 11) is 0. The van der Waals surface area contributed by atoms with Crippen LogP contribution in [0.5, 0.6) is 0 Å². The molecule has 0 nitrogen and oxygen atoms in total. The van der Waals surface area contributed by atoms with Crippen LogP contribution in [0, 0.1) is 0 Å². The van der Waals surface area contributed by atoms with Crippen molar-refractivity contribution >= 4 is 11.6 Å². The minimum atomic E-state index is -4.38. The molecular weight excluding hydrogens is 237 g/mol. The minimum Gasteiger partial charge on any atom is -0.166 e. The second-order valence-electron chi connectivity index (χ2n) is 3.93. The van der Waals surface area contributed by atoms with E-state index in [-0.39, 0.29) is 10.9 Å². The SMILES string of the molecule is CCCC(C)c1ccc(Cl)c(C(F)(F)F)c1. The van der Waals surface area contributed by atoms with Crippen LogP contribution in [0.15, 0.2) is 18.2 Å². The third-order valence-corrected chi connectivity index (χ3v) is 2.92. The molecule has 1 atom stereocenters. The molecule has 4 heteroatoms. The molecule has 1 aromatic rings. The molecule has 0 spiro atoms. The van der Waals surface area contributed by atoms with Crippen LogP contribution in [0.1, 0.15) is 43.7 Å². The molecule has 0 bridgehead atoms. The third-order valence-electron chi connectivity index (χ3n) is 2.59. The third kappa shape index (κ3) is 3.14. The molecule has 0 aliphatic carbocycles. The Labute approximate surface area is 98.4 Å². The zero-order valence-corrected chi connectivity index (χ0v) is 9.99. The molecule has 0 saturated carbocycles. The van der Waals surface area contributed by atoms with E-state index in [0.717, 1.165) is 18.9 Å². The van der Waals surface area contributed by atoms with Gasteiger partial charge in [0.25, 0.3) is 0 Å². The van der Waals surface area contributed by atoms with E-state index in [9.17, 15) is 13.2 Å². The molecule has 0 N–H and O–H groups in total. The molecule has 0 radical (unpaired) electrons. The van der Waals surface area contributed by atoms with Crippen molar-refractivity contribution in [2.75, 3.05) is 0 Å². The summed E-state index contributed by atoms with van der Waals surface area (Å²) in [5, 5.41) is -0.236. The fourth-order valence-corrected chi connectivity index (χ4v) is 1.89. The molecule has 0 aromatic heterocycles. The summed E-state index contributed by atoms with van der Waals surface area (Å²) >= 11 is 5.54. The van der Waals surface area contributed by atoms with Gasteiger partial charge in [-0.05, 0) is 30.0 Å². The van der Waals surface area contributed by atoms with E-state index in [1.807, 2.05) is 13.8 Å². The van der Waals surface area contributed by atoms with Crippen molar-refractivity contribution in [3.8, 4) is 0 Å². The highest BCUT2D eigenvalue weighted by atomic mass is 35.5. The fraction of sp³-hybridized carbons (Fsp3) is 0.500. The maximum absolute atomic E-state index is 12.6. The van der Waals surface area contributed by atoms with Gasteiger partial charge in [0.1, 0.15) is 0 Å². The molecule has 0 saturated heterocycles. The predicted molar refractivity (Wildman–Crippen MR) is 59.8 cm³/mol. The summed E-state index contributed by atoms with van der Waals surface area (Å²) in [4.78, 5) is 0. The number of alkyl halides is 3. The van der Waals surface area contributed by atoms with Gasteiger partial charge in [0, 0.05) is 0 Å². The molecule has 0 heterocycles. The van der Waals surface area contributed by atoms with Crippen LogP contribution in [-0.4, -0.2) is 0 Å². The normalized spacial score (nSPS) is 13.9. The lowest BCUT2D eigenvalue weighted by molar-refractivity contribution is -0.137. The number of hydrogen-bond acceptors (Lipinski definition) is 0. The average Bonchev–Trinajstić information content (AvgIpc) is 2.16. The zero-order chi connectivity index (χ0) is 12.3. The van der Waals surface area contributed by atoms with Crippen LogP contribution in [0.4, 0.5) is 13.2 Å². The first kappa shape index (κ1) is 13.4. The Hall–Kier alpha value is -0.700. The van der Waals surface area contributed by atoms with Crippen LogP contribution in [0.2, 0.25) is 5.02 Å². The van der Waals surface area contributed by atoms with Gasteiger partial charge in [0.2, 0.25) is 0 Å². The fourth-order valence-electron chi connectivity index (χ4n) is 1.67. The number of halogens is 4. The Kier molecular flexibility index (Phi) is 4.25. The largest absolute Gasteiger partial charge is 0.417 e. The first-order valence-corrected chi connectivity index (χ1v) is 5.60. The van der Waals surface area contributed by atoms with Crippen molar-refractivity contribution in [3.05, 3.63) is 34.3 Å². The molecule has 0 aliphatic heterocycles. The first-order valence-electron chi connectivity index (χ1n) is 5.23. The minimum absolute atomic E-state index is 0.128. The molecule has 0 aliphatic rings. The van der Waals surface area contributed by atoms with E-state index in [4.69, 9.17) is 11.6 Å². The van der Waals surface area contributed by atoms with Gasteiger partial charge in [-0.2, -0.15) is 13.2 Å². The standard InChI is InChI=1S/C12H14ClF3/c1-3-4-8(2)9-5-6-11(13)10(7-9)12(14,15)16/h5-8H,3-4H2,1-2H3. The highest BCUT2D eigenvalue weighted by Gasteiger charge is 2.33. The van der Waals surface area contributed by atoms with Gasteiger partial charge in [-0.1, -0.05) is 37.9 Å². The highest BCUT2D eigenvalue weighted by molar-refractivity contribution is 6.31. The van der Waals surface area contributed by atoms with Gasteiger partial charge in [-0.15, -0.1) is 0 Å². The van der Waals surface area contributed by atoms with E-state index in [1.165, 1.54) is 6.07 Å². The van der Waals surface area contributed by atoms with Crippen molar-refractivity contribution in [1.82, 2.24) is 0 Å². The zero-order valence-electron chi connectivity index (χ0n) is 9.24. The predicted octanol–water partition coefficient (Wildman–Crippen LogP) is 5.26. The summed E-state index contributed by atoms with van der Waals surface area (Å²) in [6, 6.07) is 4.15. The van der Waals surface area contributed by atoms with Crippen molar-refractivity contribution in [3.63, 3.8) is 0 Å². The summed E-state index contributed by atoms with van der Waals surface area (Å²) < 4.78 is 37.8. The van der Waals surface area contributed by atoms with Crippen LogP contribution >= 0.6 is 11.6 Å². The number of rotatable bonds is 3. The van der Waals surface area contributed by atoms with Gasteiger partial charge in [0.15, 0.2) is 0 Å². The molecular formula is C12H14ClF3. The summed E-state index contributed by atoms with van der Waals surface area (Å²) in [6.45, 7) is 3.93. The van der Waals surface area contributed by atoms with Crippen molar-refractivity contribution in [1.29, 1.82) is 0 Å². The van der Waals surface area contributed by atoms with E-state index < -0.39 is 11.7 Å². The number of hydrogen-bond donors (Lipinski definition) is 0. The number of benzene rings is 1. The van der Waals surface area contributed by atoms with E-state index >= 15 is 0 Å². The van der Waals surface area contributed by atoms with E-state index in [0.29, 0.717) is 5.56 Å². The van der Waals surface area contributed by atoms with Gasteiger partial charge >= 0.3 is 6.18 Å². The average molecular weight is 251 g/mol. The molecule has 0 fully saturated rings. The van der Waals surface area contributed by atoms with Crippen LogP contribution in [0.25, 0.3) is 0 Å². The monoisotopic (exact) mass is 250 g/mol. The molecule has 1 rings (SSSR count). The van der Waals surface area contributed by atoms with Gasteiger partial charge in [-0.3, -0.25) is 0 Å². The maximum atomic E-state index is 12.6. The second-order valence-corrected chi connectivity index (χ2v) is 4.33. The summed E-state index contributed by atoms with van der Waals surface area (Å²) in [6.07, 6.45) is -2.55. The Bertz CT molecular complexity index is 358. The molecule has 0 amide bonds. The quantitative estimate of drug-likeness (QED) is 0.686. The van der Waals surface area contributed by atoms with Gasteiger partial charge in [0.05, 0.1) is 10.6 Å². The van der Waals surface area contributed by atoms with Crippen LogP contribution < -0.4 is 0 Å². The van der Waals surface area contributed by atoms with Crippen LogP contribution in [0.3, 0.4) is 0 Å². The van der Waals surface area contributed by atoms with Crippen molar-refractivity contribution in [2.24, 2.45) is 0 Å². The smallest absolute Gasteiger partial charge is 0.166 e. The lowest BCUT2D eigenvalue weighted by atomic mass is 9.95. The highest BCUT2D eigenvalue weighted by Crippen LogP contribution is 2.36. The molecule has 1 aromatic carbocycles. The topological polar surface area (TPSA) is 0 Å². The first-order chi connectivity index (χ1) is 7.36. The molecule has 16 heavy (non-hydrogen) atoms. The Balaban J connectivity index is 3.07. The van der Waals surface area contributed by atoms with Crippen LogP contribution in [-0.2, 0) is 6.18 Å². The Morgan fingerprint density at radius 1 is 1.31 bits per heavy atom. The Morgan fingerprint density at radius 3 is 2.44 bits per heavy atom. The van der Waals surface area contributed by atoms with E-state index in [1.54, 1.807) is 6.07 Å². The van der Waals surface area contributed by atoms with Crippen molar-refractivity contribution < 1.29 is 13.2 Å². The van der Waals surface area contributed by atoms with E-state index in [2.05, 4.69) is 0 Å². The molecule has 1 unspecified atom stereocenters.